The van der Waals surface area contributed by atoms with Crippen LogP contribution >= 0.6 is 22.7 Å². The van der Waals surface area contributed by atoms with E-state index >= 15 is 0 Å². The minimum atomic E-state index is -4.18. The van der Waals surface area contributed by atoms with Crippen molar-refractivity contribution in [1.82, 2.24) is 9.71 Å². The van der Waals surface area contributed by atoms with Gasteiger partial charge in [0, 0.05) is 11.1 Å². The summed E-state index contributed by atoms with van der Waals surface area (Å²) >= 11 is 1.80. The number of aromatic nitrogens is 1. The van der Waals surface area contributed by atoms with Crippen LogP contribution in [0.3, 0.4) is 0 Å². The lowest BCUT2D eigenvalue weighted by Crippen LogP contribution is -2.29. The van der Waals surface area contributed by atoms with Gasteiger partial charge in [0.2, 0.25) is 0 Å². The van der Waals surface area contributed by atoms with Crippen molar-refractivity contribution < 1.29 is 18.0 Å². The summed E-state index contributed by atoms with van der Waals surface area (Å²) in [5.41, 5.74) is 7.08. The molecule has 4 rings (SSSR count). The van der Waals surface area contributed by atoms with E-state index in [2.05, 4.69) is 9.71 Å². The number of nitrogens with zero attached hydrogens (tertiary/aromatic N) is 1. The van der Waals surface area contributed by atoms with Crippen molar-refractivity contribution in [1.29, 1.82) is 0 Å². The van der Waals surface area contributed by atoms with E-state index in [1.54, 1.807) is 12.1 Å². The fraction of sp³-hybridized carbons (Fsp3) is 0. The third-order valence-corrected chi connectivity index (χ3v) is 8.24. The lowest BCUT2D eigenvalue weighted by molar-refractivity contribution is 0.0982. The molecule has 3 N–H and O–H groups in total. The van der Waals surface area contributed by atoms with Gasteiger partial charge in [-0.3, -0.25) is 9.59 Å². The van der Waals surface area contributed by atoms with Gasteiger partial charge in [-0.15, -0.1) is 22.7 Å². The number of carbonyl (C=O) groups excluding carboxylic acids is 2. The number of thiazole rings is 1. The van der Waals surface area contributed by atoms with Crippen molar-refractivity contribution >= 4 is 44.5 Å². The summed E-state index contributed by atoms with van der Waals surface area (Å²) in [6, 6.07) is 20.9. The molecule has 0 bridgehead atoms. The van der Waals surface area contributed by atoms with E-state index in [9.17, 15) is 18.0 Å². The van der Waals surface area contributed by atoms with E-state index in [0.29, 0.717) is 27.6 Å². The van der Waals surface area contributed by atoms with Gasteiger partial charge >= 0.3 is 0 Å². The molecule has 7 nitrogen and oxygen atoms in total. The molecule has 0 unspecified atom stereocenters. The Hall–Kier alpha value is -3.34. The van der Waals surface area contributed by atoms with E-state index in [4.69, 9.17) is 5.73 Å². The number of sulfonamides is 1. The second-order valence-corrected chi connectivity index (χ2v) is 10.3. The van der Waals surface area contributed by atoms with Crippen LogP contribution in [-0.2, 0) is 10.0 Å². The number of nitrogens with one attached hydrogen (secondary N) is 1. The van der Waals surface area contributed by atoms with Crippen LogP contribution < -0.4 is 10.5 Å². The minimum Gasteiger partial charge on any atom is -0.365 e. The summed E-state index contributed by atoms with van der Waals surface area (Å²) in [4.78, 5) is 29.1. The predicted molar refractivity (Wildman–Crippen MR) is 120 cm³/mol. The quantitative estimate of drug-likeness (QED) is 0.446. The fourth-order valence-corrected chi connectivity index (χ4v) is 5.95. The van der Waals surface area contributed by atoms with Gasteiger partial charge in [0.25, 0.3) is 21.8 Å². The number of primary amides is 1. The first kappa shape index (κ1) is 20.9. The van der Waals surface area contributed by atoms with Gasteiger partial charge in [0.1, 0.15) is 14.1 Å². The number of hydrogen-bond acceptors (Lipinski definition) is 7. The monoisotopic (exact) mass is 469 g/mol. The zero-order chi connectivity index (χ0) is 22.0. The van der Waals surface area contributed by atoms with E-state index < -0.39 is 21.8 Å². The summed E-state index contributed by atoms with van der Waals surface area (Å²) in [6.07, 6.45) is 0. The molecule has 4 aromatic rings. The second kappa shape index (κ2) is 8.42. The fourth-order valence-electron chi connectivity index (χ4n) is 2.79. The number of carbonyl (C=O) groups is 2. The first-order valence-corrected chi connectivity index (χ1v) is 12.1. The average molecular weight is 470 g/mol. The van der Waals surface area contributed by atoms with Crippen molar-refractivity contribution in [3.05, 3.63) is 82.6 Å². The molecular weight excluding hydrogens is 454 g/mol. The molecule has 2 heterocycles. The summed E-state index contributed by atoms with van der Waals surface area (Å²) < 4.78 is 27.3. The molecule has 0 spiro atoms. The van der Waals surface area contributed by atoms with Crippen molar-refractivity contribution in [2.75, 3.05) is 0 Å². The number of amides is 2. The van der Waals surface area contributed by atoms with Crippen molar-refractivity contribution in [2.24, 2.45) is 5.73 Å². The lowest BCUT2D eigenvalue weighted by atomic mass is 10.1. The zero-order valence-electron chi connectivity index (χ0n) is 15.8. The van der Waals surface area contributed by atoms with Gasteiger partial charge in [0.05, 0.1) is 10.6 Å². The third kappa shape index (κ3) is 4.41. The van der Waals surface area contributed by atoms with Gasteiger partial charge in [0.15, 0.2) is 0 Å². The molecule has 2 amide bonds. The zero-order valence-corrected chi connectivity index (χ0v) is 18.3. The summed E-state index contributed by atoms with van der Waals surface area (Å²) in [5.74, 6) is -1.54. The molecule has 0 atom stereocenters. The topological polar surface area (TPSA) is 119 Å². The summed E-state index contributed by atoms with van der Waals surface area (Å²) in [6.45, 7) is 0. The normalized spacial score (nSPS) is 11.2. The number of hydrogen-bond donors (Lipinski definition) is 2. The van der Waals surface area contributed by atoms with Crippen molar-refractivity contribution in [2.45, 2.75) is 4.21 Å². The maximum atomic E-state index is 13.0. The molecule has 0 aliphatic heterocycles. The largest absolute Gasteiger partial charge is 0.365 e. The molecular formula is C21H15N3O4S3. The van der Waals surface area contributed by atoms with Crippen LogP contribution in [0, 0.1) is 0 Å². The van der Waals surface area contributed by atoms with Crippen LogP contribution in [0.5, 0.6) is 0 Å². The Kier molecular flexibility index (Phi) is 5.68. The van der Waals surface area contributed by atoms with Gasteiger partial charge in [-0.1, -0.05) is 60.7 Å². The van der Waals surface area contributed by atoms with Crippen LogP contribution in [-0.4, -0.2) is 25.2 Å². The lowest BCUT2D eigenvalue weighted by Gasteiger charge is -2.05. The molecule has 0 radical (unpaired) electrons. The average Bonchev–Trinajstić information content (AvgIpc) is 3.43. The molecule has 156 valence electrons. The minimum absolute atomic E-state index is 0.0851. The molecule has 10 heteroatoms. The number of nitrogens with two attached hydrogens (primary N) is 1. The Bertz CT molecular complexity index is 1360. The highest BCUT2D eigenvalue weighted by molar-refractivity contribution is 7.92. The highest BCUT2D eigenvalue weighted by atomic mass is 32.2. The molecule has 2 aromatic carbocycles. The smallest absolute Gasteiger partial charge is 0.277 e. The molecule has 0 saturated carbocycles. The van der Waals surface area contributed by atoms with Crippen molar-refractivity contribution in [3.63, 3.8) is 0 Å². The highest BCUT2D eigenvalue weighted by Gasteiger charge is 2.26. The van der Waals surface area contributed by atoms with Crippen LogP contribution in [0.2, 0.25) is 0 Å². The Balaban J connectivity index is 1.73. The van der Waals surface area contributed by atoms with Gasteiger partial charge in [-0.2, -0.15) is 0 Å². The SMILES string of the molecule is NC(=O)c1ccc(S(=O)(=O)NC(=O)c2sc(-c3ccccc3)nc2-c2ccccc2)s1. The Morgan fingerprint density at radius 2 is 1.45 bits per heavy atom. The van der Waals surface area contributed by atoms with Crippen LogP contribution in [0.15, 0.2) is 77.0 Å². The molecule has 0 saturated heterocycles. The van der Waals surface area contributed by atoms with Crippen LogP contribution in [0.4, 0.5) is 0 Å². The predicted octanol–water partition coefficient (Wildman–Crippen LogP) is 3.76. The van der Waals surface area contributed by atoms with Crippen LogP contribution in [0.1, 0.15) is 19.3 Å². The van der Waals surface area contributed by atoms with E-state index in [1.807, 2.05) is 48.5 Å². The van der Waals surface area contributed by atoms with Gasteiger partial charge in [-0.25, -0.2) is 18.1 Å². The number of thiophene rings is 1. The van der Waals surface area contributed by atoms with Crippen molar-refractivity contribution in [3.8, 4) is 21.8 Å². The van der Waals surface area contributed by atoms with E-state index in [0.717, 1.165) is 16.9 Å². The third-order valence-electron chi connectivity index (χ3n) is 4.22. The molecule has 31 heavy (non-hydrogen) atoms. The number of rotatable bonds is 6. The first-order valence-electron chi connectivity index (χ1n) is 8.93. The Labute approximate surface area is 186 Å². The molecule has 0 aliphatic carbocycles. The molecule has 0 aliphatic rings. The molecule has 0 fully saturated rings. The maximum absolute atomic E-state index is 13.0. The van der Waals surface area contributed by atoms with E-state index in [1.165, 1.54) is 12.1 Å². The Morgan fingerprint density at radius 3 is 2.03 bits per heavy atom. The Morgan fingerprint density at radius 1 is 0.839 bits per heavy atom. The highest BCUT2D eigenvalue weighted by Crippen LogP contribution is 2.34. The van der Waals surface area contributed by atoms with Gasteiger partial charge in [-0.05, 0) is 12.1 Å². The van der Waals surface area contributed by atoms with Crippen LogP contribution in [0.25, 0.3) is 21.8 Å². The van der Waals surface area contributed by atoms with Gasteiger partial charge < -0.3 is 5.73 Å². The second-order valence-electron chi connectivity index (χ2n) is 6.35. The summed E-state index contributed by atoms with van der Waals surface area (Å²) in [7, 11) is -4.18. The maximum Gasteiger partial charge on any atom is 0.277 e. The number of benzene rings is 2. The summed E-state index contributed by atoms with van der Waals surface area (Å²) in [5, 5.41) is 0.592. The molecule has 2 aromatic heterocycles. The van der Waals surface area contributed by atoms with E-state index in [-0.39, 0.29) is 14.0 Å². The standard InChI is InChI=1S/C21H15N3O4S3/c22-19(25)15-11-12-16(29-15)31(27,28)24-20(26)18-17(13-7-3-1-4-8-13)23-21(30-18)14-9-5-2-6-10-14/h1-12H,(H2,22,25)(H,24,26). The first-order chi connectivity index (χ1) is 14.8.